The average Bonchev–Trinajstić information content (AvgIpc) is 2.08. The zero-order valence-electron chi connectivity index (χ0n) is 7.23. The lowest BCUT2D eigenvalue weighted by atomic mass is 10.1. The van der Waals surface area contributed by atoms with Gasteiger partial charge in [-0.05, 0) is 18.2 Å². The Kier molecular flexibility index (Phi) is 2.71. The molecule has 0 aliphatic carbocycles. The van der Waals surface area contributed by atoms with Crippen molar-refractivity contribution in [1.82, 2.24) is 0 Å². The van der Waals surface area contributed by atoms with Crippen LogP contribution in [0, 0.1) is 0 Å². The van der Waals surface area contributed by atoms with E-state index in [2.05, 4.69) is 0 Å². The van der Waals surface area contributed by atoms with Gasteiger partial charge in [0.05, 0.1) is 6.42 Å². The van der Waals surface area contributed by atoms with E-state index in [1.54, 1.807) is 0 Å². The van der Waals surface area contributed by atoms with E-state index in [1.807, 2.05) is 0 Å². The molecule has 74 valence electrons. The number of aromatic hydroxyl groups is 2. The largest absolute Gasteiger partial charge is 0.504 e. The van der Waals surface area contributed by atoms with Crippen LogP contribution in [0.25, 0.3) is 0 Å². The first-order valence-electron chi connectivity index (χ1n) is 3.84. The fourth-order valence-electron chi connectivity index (χ4n) is 0.957. The van der Waals surface area contributed by atoms with Gasteiger partial charge in [0.25, 0.3) is 0 Å². The number of ketones is 1. The van der Waals surface area contributed by atoms with Crippen LogP contribution in [0.5, 0.6) is 11.5 Å². The molecule has 14 heavy (non-hydrogen) atoms. The molecule has 0 bridgehead atoms. The van der Waals surface area contributed by atoms with Crippen molar-refractivity contribution in [2.45, 2.75) is 6.42 Å². The number of phenols is 2. The Morgan fingerprint density at radius 2 is 1.86 bits per heavy atom. The summed E-state index contributed by atoms with van der Waals surface area (Å²) in [5, 5.41) is 18.0. The molecule has 0 radical (unpaired) electrons. The predicted molar refractivity (Wildman–Crippen MR) is 47.9 cm³/mol. The lowest BCUT2D eigenvalue weighted by Crippen LogP contribution is -2.16. The van der Waals surface area contributed by atoms with Gasteiger partial charge in [-0.15, -0.1) is 0 Å². The third kappa shape index (κ3) is 2.22. The highest BCUT2D eigenvalue weighted by atomic mass is 16.3. The molecule has 0 atom stereocenters. The molecule has 0 unspecified atom stereocenters. The van der Waals surface area contributed by atoms with Gasteiger partial charge in [0.15, 0.2) is 17.3 Å². The number of Topliss-reactive ketones (excluding diaryl/α,β-unsaturated/α-hetero) is 1. The molecule has 0 aliphatic rings. The highest BCUT2D eigenvalue weighted by Crippen LogP contribution is 2.25. The monoisotopic (exact) mass is 195 g/mol. The molecular weight excluding hydrogens is 186 g/mol. The summed E-state index contributed by atoms with van der Waals surface area (Å²) in [6.07, 6.45) is -0.412. The van der Waals surface area contributed by atoms with Gasteiger partial charge in [0.1, 0.15) is 0 Å². The van der Waals surface area contributed by atoms with Gasteiger partial charge >= 0.3 is 0 Å². The molecule has 4 N–H and O–H groups in total. The number of hydrogen-bond acceptors (Lipinski definition) is 4. The number of carbonyl (C=O) groups excluding carboxylic acids is 2. The van der Waals surface area contributed by atoms with Crippen LogP contribution in [0.2, 0.25) is 0 Å². The van der Waals surface area contributed by atoms with E-state index in [4.69, 9.17) is 15.9 Å². The Bertz CT molecular complexity index is 386. The Morgan fingerprint density at radius 1 is 1.21 bits per heavy atom. The lowest BCUT2D eigenvalue weighted by Gasteiger charge is -2.00. The molecule has 0 fully saturated rings. The van der Waals surface area contributed by atoms with Gasteiger partial charge in [-0.25, -0.2) is 0 Å². The van der Waals surface area contributed by atoms with E-state index < -0.39 is 23.9 Å². The Morgan fingerprint density at radius 3 is 2.36 bits per heavy atom. The van der Waals surface area contributed by atoms with E-state index >= 15 is 0 Å². The normalized spacial score (nSPS) is 9.71. The quantitative estimate of drug-likeness (QED) is 0.363. The molecule has 0 saturated heterocycles. The Hall–Kier alpha value is -2.04. The second kappa shape index (κ2) is 3.78. The first-order chi connectivity index (χ1) is 6.50. The summed E-state index contributed by atoms with van der Waals surface area (Å²) in [5.41, 5.74) is 4.97. The van der Waals surface area contributed by atoms with Crippen LogP contribution < -0.4 is 5.73 Å². The van der Waals surface area contributed by atoms with Gasteiger partial charge in [0.2, 0.25) is 5.91 Å². The van der Waals surface area contributed by atoms with E-state index in [1.165, 1.54) is 12.1 Å². The lowest BCUT2D eigenvalue weighted by molar-refractivity contribution is -0.117. The van der Waals surface area contributed by atoms with Crippen molar-refractivity contribution in [2.24, 2.45) is 5.73 Å². The van der Waals surface area contributed by atoms with E-state index in [9.17, 15) is 9.59 Å². The third-order valence-corrected chi connectivity index (χ3v) is 1.63. The van der Waals surface area contributed by atoms with Crippen LogP contribution in [-0.2, 0) is 4.79 Å². The number of primary amides is 1. The molecule has 5 nitrogen and oxygen atoms in total. The summed E-state index contributed by atoms with van der Waals surface area (Å²) in [5.74, 6) is -1.95. The molecule has 0 saturated carbocycles. The SMILES string of the molecule is NC(=O)CC(=O)c1ccc(O)c(O)c1. The van der Waals surface area contributed by atoms with Gasteiger partial charge < -0.3 is 15.9 Å². The fraction of sp³-hybridized carbons (Fsp3) is 0.111. The van der Waals surface area contributed by atoms with Gasteiger partial charge in [-0.2, -0.15) is 0 Å². The van der Waals surface area contributed by atoms with Crippen LogP contribution in [0.4, 0.5) is 0 Å². The van der Waals surface area contributed by atoms with Crippen LogP contribution in [0.15, 0.2) is 18.2 Å². The van der Waals surface area contributed by atoms with E-state index in [-0.39, 0.29) is 11.3 Å². The first-order valence-corrected chi connectivity index (χ1v) is 3.84. The van der Waals surface area contributed by atoms with Crippen molar-refractivity contribution < 1.29 is 19.8 Å². The summed E-state index contributed by atoms with van der Waals surface area (Å²) < 4.78 is 0. The smallest absolute Gasteiger partial charge is 0.225 e. The molecular formula is C9H9NO4. The summed E-state index contributed by atoms with van der Waals surface area (Å²) in [4.78, 5) is 21.6. The van der Waals surface area contributed by atoms with Crippen LogP contribution in [0.1, 0.15) is 16.8 Å². The molecule has 1 amide bonds. The highest BCUT2D eigenvalue weighted by molar-refractivity contribution is 6.07. The number of amides is 1. The third-order valence-electron chi connectivity index (χ3n) is 1.63. The minimum absolute atomic E-state index is 0.138. The summed E-state index contributed by atoms with van der Waals surface area (Å²) in [6, 6.07) is 3.56. The maximum absolute atomic E-state index is 11.2. The summed E-state index contributed by atoms with van der Waals surface area (Å²) in [6.45, 7) is 0. The molecule has 0 aromatic heterocycles. The standard InChI is InChI=1S/C9H9NO4/c10-9(14)4-7(12)5-1-2-6(11)8(13)3-5/h1-3,11,13H,4H2,(H2,10,14). The first kappa shape index (κ1) is 10.0. The van der Waals surface area contributed by atoms with Gasteiger partial charge in [0, 0.05) is 5.56 Å². The van der Waals surface area contributed by atoms with Gasteiger partial charge in [-0.1, -0.05) is 0 Å². The van der Waals surface area contributed by atoms with Crippen LogP contribution in [-0.4, -0.2) is 21.9 Å². The average molecular weight is 195 g/mol. The number of phenolic OH excluding ortho intramolecular Hbond substituents is 2. The molecule has 5 heteroatoms. The Balaban J connectivity index is 2.91. The minimum Gasteiger partial charge on any atom is -0.504 e. The number of carbonyl (C=O) groups is 2. The fourth-order valence-corrected chi connectivity index (χ4v) is 0.957. The number of nitrogens with two attached hydrogens (primary N) is 1. The van der Waals surface area contributed by atoms with Crippen molar-refractivity contribution in [3.63, 3.8) is 0 Å². The molecule has 0 aliphatic heterocycles. The van der Waals surface area contributed by atoms with Gasteiger partial charge in [-0.3, -0.25) is 9.59 Å². The van der Waals surface area contributed by atoms with Crippen molar-refractivity contribution in [1.29, 1.82) is 0 Å². The molecule has 1 aromatic rings. The minimum atomic E-state index is -0.734. The predicted octanol–water partition coefficient (Wildman–Crippen LogP) is 0.156. The molecule has 0 heterocycles. The summed E-state index contributed by atoms with van der Waals surface area (Å²) in [7, 11) is 0. The van der Waals surface area contributed by atoms with Crippen LogP contribution >= 0.6 is 0 Å². The van der Waals surface area contributed by atoms with Crippen molar-refractivity contribution in [2.75, 3.05) is 0 Å². The van der Waals surface area contributed by atoms with Crippen molar-refractivity contribution >= 4 is 11.7 Å². The highest BCUT2D eigenvalue weighted by Gasteiger charge is 2.10. The zero-order valence-corrected chi connectivity index (χ0v) is 7.23. The molecule has 1 rings (SSSR count). The molecule has 0 spiro atoms. The second-order valence-electron chi connectivity index (χ2n) is 2.77. The maximum atomic E-state index is 11.2. The van der Waals surface area contributed by atoms with E-state index in [0.717, 1.165) is 6.07 Å². The molecule has 1 aromatic carbocycles. The topological polar surface area (TPSA) is 101 Å². The summed E-state index contributed by atoms with van der Waals surface area (Å²) >= 11 is 0. The second-order valence-corrected chi connectivity index (χ2v) is 2.77. The van der Waals surface area contributed by atoms with Crippen LogP contribution in [0.3, 0.4) is 0 Å². The number of benzene rings is 1. The van der Waals surface area contributed by atoms with E-state index in [0.29, 0.717) is 0 Å². The zero-order chi connectivity index (χ0) is 10.7. The van der Waals surface area contributed by atoms with Crippen molar-refractivity contribution in [3.05, 3.63) is 23.8 Å². The van der Waals surface area contributed by atoms with Crippen molar-refractivity contribution in [3.8, 4) is 11.5 Å². The number of rotatable bonds is 3. The Labute approximate surface area is 79.8 Å². The maximum Gasteiger partial charge on any atom is 0.225 e. The number of hydrogen-bond donors (Lipinski definition) is 3.